The van der Waals surface area contributed by atoms with Gasteiger partial charge in [-0.05, 0) is 24.8 Å². The molecule has 0 saturated carbocycles. The number of rotatable bonds is 5. The normalized spacial score (nSPS) is 12.1. The van der Waals surface area contributed by atoms with Gasteiger partial charge >= 0.3 is 5.97 Å². The van der Waals surface area contributed by atoms with Gasteiger partial charge in [-0.25, -0.2) is 4.79 Å². The molecule has 1 unspecified atom stereocenters. The molecule has 1 N–H and O–H groups in total. The molecule has 2 aromatic rings. The Kier molecular flexibility index (Phi) is 4.58. The zero-order valence-electron chi connectivity index (χ0n) is 12.2. The van der Waals surface area contributed by atoms with Crippen molar-refractivity contribution in [2.45, 2.75) is 32.7 Å². The number of carboxylic acid groups (broad SMARTS) is 1. The number of benzene rings is 2. The van der Waals surface area contributed by atoms with Crippen molar-refractivity contribution in [3.8, 4) is 0 Å². The highest BCUT2D eigenvalue weighted by molar-refractivity contribution is 6.06. The van der Waals surface area contributed by atoms with Crippen molar-refractivity contribution >= 4 is 28.3 Å². The van der Waals surface area contributed by atoms with Crippen LogP contribution in [0.3, 0.4) is 0 Å². The Bertz CT molecular complexity index is 661. The predicted octanol–water partition coefficient (Wildman–Crippen LogP) is 3.45. The molecule has 0 aliphatic rings. The van der Waals surface area contributed by atoms with Crippen LogP contribution in [-0.4, -0.2) is 23.0 Å². The summed E-state index contributed by atoms with van der Waals surface area (Å²) in [5.74, 6) is -1.17. The number of amides is 1. The predicted molar refractivity (Wildman–Crippen MR) is 83.4 cm³/mol. The Hall–Kier alpha value is -2.36. The van der Waals surface area contributed by atoms with Crippen molar-refractivity contribution in [3.05, 3.63) is 42.5 Å². The highest BCUT2D eigenvalue weighted by atomic mass is 16.4. The zero-order valence-corrected chi connectivity index (χ0v) is 12.2. The third kappa shape index (κ3) is 3.05. The second kappa shape index (κ2) is 6.39. The van der Waals surface area contributed by atoms with E-state index in [0.717, 1.165) is 10.8 Å². The van der Waals surface area contributed by atoms with Crippen LogP contribution in [-0.2, 0) is 9.59 Å². The zero-order chi connectivity index (χ0) is 15.4. The molecule has 1 atom stereocenters. The first-order chi connectivity index (χ1) is 10.1. The van der Waals surface area contributed by atoms with E-state index >= 15 is 0 Å². The first-order valence-electron chi connectivity index (χ1n) is 7.09. The second-order valence-corrected chi connectivity index (χ2v) is 5.03. The van der Waals surface area contributed by atoms with Gasteiger partial charge in [-0.2, -0.15) is 0 Å². The van der Waals surface area contributed by atoms with Crippen molar-refractivity contribution < 1.29 is 14.7 Å². The molecule has 4 heteroatoms. The summed E-state index contributed by atoms with van der Waals surface area (Å²) in [6.45, 7) is 3.45. The monoisotopic (exact) mass is 285 g/mol. The summed E-state index contributed by atoms with van der Waals surface area (Å²) in [5, 5.41) is 11.2. The summed E-state index contributed by atoms with van der Waals surface area (Å²) in [6, 6.07) is 12.4. The first kappa shape index (κ1) is 15.0. The molecule has 1 amide bonds. The smallest absolute Gasteiger partial charge is 0.326 e. The summed E-state index contributed by atoms with van der Waals surface area (Å²) in [4.78, 5) is 25.2. The molecule has 2 rings (SSSR count). The summed E-state index contributed by atoms with van der Waals surface area (Å²) in [6.07, 6.45) is 1.02. The Balaban J connectivity index is 2.58. The van der Waals surface area contributed by atoms with Crippen molar-refractivity contribution in [1.82, 2.24) is 0 Å². The SMILES string of the molecule is CCCC(=O)N(c1cccc2ccccc12)C(C)C(=O)O. The fourth-order valence-electron chi connectivity index (χ4n) is 2.42. The maximum Gasteiger partial charge on any atom is 0.326 e. The van der Waals surface area contributed by atoms with E-state index in [2.05, 4.69) is 0 Å². The third-order valence-electron chi connectivity index (χ3n) is 3.50. The number of nitrogens with zero attached hydrogens (tertiary/aromatic N) is 1. The summed E-state index contributed by atoms with van der Waals surface area (Å²) >= 11 is 0. The van der Waals surface area contributed by atoms with Crippen LogP contribution in [0.15, 0.2) is 42.5 Å². The highest BCUT2D eigenvalue weighted by Gasteiger charge is 2.27. The maximum atomic E-state index is 12.4. The molecule has 0 radical (unpaired) electrons. The molecule has 0 heterocycles. The third-order valence-corrected chi connectivity index (χ3v) is 3.50. The average Bonchev–Trinajstić information content (AvgIpc) is 2.48. The molecule has 0 saturated heterocycles. The van der Waals surface area contributed by atoms with Crippen molar-refractivity contribution in [2.24, 2.45) is 0 Å². The quantitative estimate of drug-likeness (QED) is 0.915. The number of carboxylic acids is 1. The lowest BCUT2D eigenvalue weighted by molar-refractivity contribution is -0.139. The van der Waals surface area contributed by atoms with Gasteiger partial charge in [-0.3, -0.25) is 9.69 Å². The molecule has 0 aromatic heterocycles. The van der Waals surface area contributed by atoms with E-state index in [1.807, 2.05) is 43.3 Å². The maximum absolute atomic E-state index is 12.4. The molecule has 110 valence electrons. The lowest BCUT2D eigenvalue weighted by atomic mass is 10.1. The van der Waals surface area contributed by atoms with E-state index in [9.17, 15) is 14.7 Å². The average molecular weight is 285 g/mol. The minimum atomic E-state index is -1.01. The molecule has 2 aromatic carbocycles. The highest BCUT2D eigenvalue weighted by Crippen LogP contribution is 2.29. The molecule has 0 aliphatic heterocycles. The van der Waals surface area contributed by atoms with Crippen LogP contribution in [0, 0.1) is 0 Å². The van der Waals surface area contributed by atoms with Gasteiger partial charge in [0.05, 0.1) is 5.69 Å². The number of anilines is 1. The molecule has 0 aliphatic carbocycles. The Morgan fingerprint density at radius 3 is 2.48 bits per heavy atom. The van der Waals surface area contributed by atoms with Crippen LogP contribution >= 0.6 is 0 Å². The van der Waals surface area contributed by atoms with E-state index in [1.165, 1.54) is 11.8 Å². The summed E-state index contributed by atoms with van der Waals surface area (Å²) in [5.41, 5.74) is 0.654. The lowest BCUT2D eigenvalue weighted by Gasteiger charge is -2.28. The van der Waals surface area contributed by atoms with Gasteiger partial charge in [0, 0.05) is 11.8 Å². The number of hydrogen-bond acceptors (Lipinski definition) is 2. The molecule has 0 spiro atoms. The molecule has 4 nitrogen and oxygen atoms in total. The summed E-state index contributed by atoms with van der Waals surface area (Å²) in [7, 11) is 0. The molecule has 21 heavy (non-hydrogen) atoms. The van der Waals surface area contributed by atoms with Gasteiger partial charge in [0.2, 0.25) is 5.91 Å². The van der Waals surface area contributed by atoms with Crippen molar-refractivity contribution in [1.29, 1.82) is 0 Å². The molecule has 0 fully saturated rings. The van der Waals surface area contributed by atoms with Crippen LogP contribution in [0.4, 0.5) is 5.69 Å². The van der Waals surface area contributed by atoms with Crippen LogP contribution in [0.25, 0.3) is 10.8 Å². The van der Waals surface area contributed by atoms with Gasteiger partial charge in [-0.15, -0.1) is 0 Å². The fourth-order valence-corrected chi connectivity index (χ4v) is 2.42. The van der Waals surface area contributed by atoms with Gasteiger partial charge in [0.25, 0.3) is 0 Å². The van der Waals surface area contributed by atoms with Gasteiger partial charge in [0.15, 0.2) is 0 Å². The first-order valence-corrected chi connectivity index (χ1v) is 7.09. The molecular weight excluding hydrogens is 266 g/mol. The van der Waals surface area contributed by atoms with Gasteiger partial charge in [0.1, 0.15) is 6.04 Å². The van der Waals surface area contributed by atoms with E-state index in [0.29, 0.717) is 18.5 Å². The van der Waals surface area contributed by atoms with Crippen molar-refractivity contribution in [3.63, 3.8) is 0 Å². The fraction of sp³-hybridized carbons (Fsp3) is 0.294. The minimum absolute atomic E-state index is 0.163. The number of carbonyl (C=O) groups excluding carboxylic acids is 1. The summed E-state index contributed by atoms with van der Waals surface area (Å²) < 4.78 is 0. The Labute approximate surface area is 124 Å². The molecule has 0 bridgehead atoms. The minimum Gasteiger partial charge on any atom is -0.480 e. The largest absolute Gasteiger partial charge is 0.480 e. The van der Waals surface area contributed by atoms with Gasteiger partial charge in [-0.1, -0.05) is 43.3 Å². The Morgan fingerprint density at radius 2 is 1.81 bits per heavy atom. The number of aliphatic carboxylic acids is 1. The van der Waals surface area contributed by atoms with E-state index < -0.39 is 12.0 Å². The number of carbonyl (C=O) groups is 2. The van der Waals surface area contributed by atoms with Crippen LogP contribution in [0.5, 0.6) is 0 Å². The van der Waals surface area contributed by atoms with E-state index in [4.69, 9.17) is 0 Å². The lowest BCUT2D eigenvalue weighted by Crippen LogP contribution is -2.43. The topological polar surface area (TPSA) is 57.6 Å². The van der Waals surface area contributed by atoms with Crippen molar-refractivity contribution in [2.75, 3.05) is 4.90 Å². The Morgan fingerprint density at radius 1 is 1.14 bits per heavy atom. The van der Waals surface area contributed by atoms with Crippen LogP contribution in [0.1, 0.15) is 26.7 Å². The van der Waals surface area contributed by atoms with Crippen LogP contribution in [0.2, 0.25) is 0 Å². The van der Waals surface area contributed by atoms with E-state index in [1.54, 1.807) is 6.07 Å². The van der Waals surface area contributed by atoms with E-state index in [-0.39, 0.29) is 5.91 Å². The van der Waals surface area contributed by atoms with Gasteiger partial charge < -0.3 is 5.11 Å². The number of hydrogen-bond donors (Lipinski definition) is 1. The number of fused-ring (bicyclic) bond motifs is 1. The standard InChI is InChI=1S/C17H19NO3/c1-3-7-16(19)18(12(2)17(20)21)15-11-6-9-13-8-4-5-10-14(13)15/h4-6,8-12H,3,7H2,1-2H3,(H,20,21). The van der Waals surface area contributed by atoms with Crippen LogP contribution < -0.4 is 4.90 Å². The second-order valence-electron chi connectivity index (χ2n) is 5.03. The molecular formula is C17H19NO3.